The molecule has 2 aromatic rings. The third-order valence-electron chi connectivity index (χ3n) is 7.30. The van der Waals surface area contributed by atoms with E-state index in [2.05, 4.69) is 32.3 Å². The number of rotatable bonds is 9. The number of aromatic nitrogens is 3. The zero-order valence-corrected chi connectivity index (χ0v) is 18.9. The Kier molecular flexibility index (Phi) is 6.04. The number of hydrogen-bond acceptors (Lipinski definition) is 7. The minimum atomic E-state index is 0.190. The van der Waals surface area contributed by atoms with Gasteiger partial charge < -0.3 is 5.11 Å². The third-order valence-corrected chi connectivity index (χ3v) is 8.17. The standard InChI is InChI=1S/C24H29N5O2S/c1-2-4-16-5-3-6-17(22(16)31)12-25-27-23-26-24(29-28-23)32-13-20(30)21-18-8-14-7-15(10-18)11-19(21)9-14/h2-3,5-6,12,14-15,18-19,21,31H,1,4,7-11,13H2,(H2,26,27,28,29)/b25-12+. The number of Topliss-reactive ketones (excluding diaryl/α,β-unsaturated/α-hetero) is 1. The predicted molar refractivity (Wildman–Crippen MR) is 126 cm³/mol. The molecule has 8 heteroatoms. The van der Waals surface area contributed by atoms with Gasteiger partial charge in [-0.15, -0.1) is 11.7 Å². The summed E-state index contributed by atoms with van der Waals surface area (Å²) >= 11 is 1.39. The second-order valence-corrected chi connectivity index (χ2v) is 10.3. The van der Waals surface area contributed by atoms with Gasteiger partial charge in [-0.3, -0.25) is 4.79 Å². The van der Waals surface area contributed by atoms with Gasteiger partial charge in [-0.25, -0.2) is 10.5 Å². The van der Waals surface area contributed by atoms with Crippen LogP contribution in [0.3, 0.4) is 0 Å². The van der Waals surface area contributed by atoms with Crippen molar-refractivity contribution in [1.29, 1.82) is 0 Å². The van der Waals surface area contributed by atoms with Crippen LogP contribution in [0, 0.1) is 29.6 Å². The Balaban J connectivity index is 1.14. The van der Waals surface area contributed by atoms with Gasteiger partial charge in [0.05, 0.1) is 12.0 Å². The number of aromatic amines is 1. The minimum absolute atomic E-state index is 0.190. The van der Waals surface area contributed by atoms with E-state index in [-0.39, 0.29) is 11.7 Å². The summed E-state index contributed by atoms with van der Waals surface area (Å²) in [7, 11) is 0. The normalized spacial score (nSPS) is 28.3. The van der Waals surface area contributed by atoms with Crippen LogP contribution in [0.5, 0.6) is 5.75 Å². The van der Waals surface area contributed by atoms with Crippen LogP contribution in [0.2, 0.25) is 0 Å². The lowest BCUT2D eigenvalue weighted by atomic mass is 9.51. The van der Waals surface area contributed by atoms with Crippen molar-refractivity contribution in [3.05, 3.63) is 42.0 Å². The lowest BCUT2D eigenvalue weighted by Gasteiger charge is -2.53. The van der Waals surface area contributed by atoms with Crippen LogP contribution in [-0.2, 0) is 11.2 Å². The van der Waals surface area contributed by atoms with Crippen LogP contribution in [0.1, 0.15) is 43.2 Å². The van der Waals surface area contributed by atoms with Crippen molar-refractivity contribution >= 4 is 29.7 Å². The Morgan fingerprint density at radius 1 is 1.25 bits per heavy atom. The first-order valence-electron chi connectivity index (χ1n) is 11.4. The van der Waals surface area contributed by atoms with Crippen LogP contribution < -0.4 is 5.43 Å². The van der Waals surface area contributed by atoms with E-state index in [4.69, 9.17) is 0 Å². The number of nitrogens with zero attached hydrogens (tertiary/aromatic N) is 3. The highest BCUT2D eigenvalue weighted by atomic mass is 32.2. The van der Waals surface area contributed by atoms with Crippen LogP contribution in [0.4, 0.5) is 5.95 Å². The Labute approximate surface area is 192 Å². The van der Waals surface area contributed by atoms with Gasteiger partial charge in [-0.2, -0.15) is 10.1 Å². The molecule has 0 atom stereocenters. The number of thioether (sulfide) groups is 1. The second kappa shape index (κ2) is 9.10. The third kappa shape index (κ3) is 4.33. The smallest absolute Gasteiger partial charge is 0.240 e. The summed E-state index contributed by atoms with van der Waals surface area (Å²) in [6.45, 7) is 3.70. The number of nitrogens with one attached hydrogen (secondary N) is 2. The summed E-state index contributed by atoms with van der Waals surface area (Å²) < 4.78 is 0. The van der Waals surface area contributed by atoms with Gasteiger partial charge in [-0.05, 0) is 73.8 Å². The zero-order valence-electron chi connectivity index (χ0n) is 18.0. The molecule has 0 aliphatic heterocycles. The molecule has 7 nitrogen and oxygen atoms in total. The number of allylic oxidation sites excluding steroid dienone is 1. The summed E-state index contributed by atoms with van der Waals surface area (Å²) in [6, 6.07) is 5.50. The Hall–Kier alpha value is -2.61. The number of phenols is 1. The molecule has 32 heavy (non-hydrogen) atoms. The van der Waals surface area contributed by atoms with Gasteiger partial charge in [0.2, 0.25) is 11.1 Å². The predicted octanol–water partition coefficient (Wildman–Crippen LogP) is 4.42. The van der Waals surface area contributed by atoms with E-state index in [1.165, 1.54) is 50.1 Å². The molecule has 0 amide bonds. The molecule has 4 aliphatic carbocycles. The molecule has 0 saturated heterocycles. The fourth-order valence-corrected chi connectivity index (χ4v) is 6.97. The molecule has 0 spiro atoms. The van der Waals surface area contributed by atoms with Crippen LogP contribution in [-0.4, -0.2) is 38.0 Å². The van der Waals surface area contributed by atoms with Gasteiger partial charge in [0.1, 0.15) is 11.5 Å². The summed E-state index contributed by atoms with van der Waals surface area (Å²) in [4.78, 5) is 17.4. The summed E-state index contributed by atoms with van der Waals surface area (Å²) in [6.07, 6.45) is 10.3. The molecule has 4 saturated carbocycles. The number of hydrazone groups is 1. The Morgan fingerprint density at radius 3 is 2.72 bits per heavy atom. The van der Waals surface area contributed by atoms with Crippen molar-refractivity contribution < 1.29 is 9.90 Å². The van der Waals surface area contributed by atoms with Crippen molar-refractivity contribution in [2.75, 3.05) is 11.2 Å². The van der Waals surface area contributed by atoms with Crippen molar-refractivity contribution in [1.82, 2.24) is 15.2 Å². The van der Waals surface area contributed by atoms with Gasteiger partial charge in [0, 0.05) is 11.5 Å². The highest BCUT2D eigenvalue weighted by Crippen LogP contribution is 2.56. The van der Waals surface area contributed by atoms with Gasteiger partial charge >= 0.3 is 0 Å². The molecular weight excluding hydrogens is 422 g/mol. The van der Waals surface area contributed by atoms with Crippen LogP contribution in [0.25, 0.3) is 0 Å². The molecule has 4 bridgehead atoms. The Bertz CT molecular complexity index is 1010. The highest BCUT2D eigenvalue weighted by Gasteiger charge is 2.50. The van der Waals surface area contributed by atoms with Crippen LogP contribution >= 0.6 is 11.8 Å². The maximum Gasteiger partial charge on any atom is 0.240 e. The molecule has 6 rings (SSSR count). The molecule has 3 N–H and O–H groups in total. The number of phenolic OH excluding ortho intramolecular Hbond substituents is 1. The summed E-state index contributed by atoms with van der Waals surface area (Å²) in [5, 5.41) is 21.9. The fourth-order valence-electron chi connectivity index (χ4n) is 6.24. The number of para-hydroxylation sites is 1. The quantitative estimate of drug-likeness (QED) is 0.226. The van der Waals surface area contributed by atoms with Gasteiger partial charge in [0.15, 0.2) is 0 Å². The number of carbonyl (C=O) groups excluding carboxylic acids is 1. The number of H-pyrrole nitrogens is 1. The summed E-state index contributed by atoms with van der Waals surface area (Å²) in [5.74, 6) is 4.61. The number of carbonyl (C=O) groups is 1. The van der Waals surface area contributed by atoms with Crippen LogP contribution in [0.15, 0.2) is 41.1 Å². The van der Waals surface area contributed by atoms with E-state index in [0.29, 0.717) is 46.5 Å². The molecule has 1 aromatic carbocycles. The van der Waals surface area contributed by atoms with E-state index in [0.717, 1.165) is 17.4 Å². The molecule has 4 aliphatic rings. The first-order chi connectivity index (χ1) is 15.6. The van der Waals surface area contributed by atoms with Gasteiger partial charge in [-0.1, -0.05) is 30.0 Å². The first kappa shape index (κ1) is 21.2. The lowest BCUT2D eigenvalue weighted by Crippen LogP contribution is -2.48. The van der Waals surface area contributed by atoms with E-state index >= 15 is 0 Å². The molecule has 4 fully saturated rings. The number of ketones is 1. The zero-order chi connectivity index (χ0) is 22.1. The van der Waals surface area contributed by atoms with Gasteiger partial charge in [0.25, 0.3) is 0 Å². The molecule has 1 aromatic heterocycles. The number of benzene rings is 1. The van der Waals surface area contributed by atoms with Crippen molar-refractivity contribution in [3.8, 4) is 5.75 Å². The summed E-state index contributed by atoms with van der Waals surface area (Å²) in [5.41, 5.74) is 4.20. The highest BCUT2D eigenvalue weighted by molar-refractivity contribution is 7.99. The van der Waals surface area contributed by atoms with Crippen molar-refractivity contribution in [3.63, 3.8) is 0 Å². The van der Waals surface area contributed by atoms with Crippen molar-refractivity contribution in [2.45, 2.75) is 43.7 Å². The maximum absolute atomic E-state index is 13.0. The van der Waals surface area contributed by atoms with E-state index < -0.39 is 0 Å². The number of anilines is 1. The monoisotopic (exact) mass is 451 g/mol. The lowest BCUT2D eigenvalue weighted by molar-refractivity contribution is -0.133. The molecule has 168 valence electrons. The largest absolute Gasteiger partial charge is 0.507 e. The van der Waals surface area contributed by atoms with E-state index in [1.54, 1.807) is 12.1 Å². The second-order valence-electron chi connectivity index (χ2n) is 9.40. The molecule has 0 radical (unpaired) electrons. The van der Waals surface area contributed by atoms with E-state index in [1.807, 2.05) is 12.1 Å². The fraction of sp³-hybridized carbons (Fsp3) is 0.500. The maximum atomic E-state index is 13.0. The first-order valence-corrected chi connectivity index (χ1v) is 12.4. The average Bonchev–Trinajstić information content (AvgIpc) is 3.22. The molecule has 1 heterocycles. The number of aromatic hydroxyl groups is 1. The average molecular weight is 452 g/mol. The topological polar surface area (TPSA) is 103 Å². The Morgan fingerprint density at radius 2 is 2.00 bits per heavy atom. The molecular formula is C24H29N5O2S. The molecule has 0 unspecified atom stereocenters. The SMILES string of the molecule is C=CCc1cccc(/C=N/Nc2nc(SCC(=O)C3C4CC5CC(C4)CC3C5)n[nH]2)c1O. The van der Waals surface area contributed by atoms with Crippen molar-refractivity contribution in [2.24, 2.45) is 34.7 Å². The minimum Gasteiger partial charge on any atom is -0.507 e. The van der Waals surface area contributed by atoms with E-state index in [9.17, 15) is 9.90 Å². The number of hydrogen-bond donors (Lipinski definition) is 3.